The minimum Gasteiger partial charge on any atom is -0.497 e. The van der Waals surface area contributed by atoms with Gasteiger partial charge < -0.3 is 29.4 Å². The normalized spacial score (nSPS) is 19.0. The zero-order valence-corrected chi connectivity index (χ0v) is 20.1. The Kier molecular flexibility index (Phi) is 8.55. The molecule has 2 aliphatic rings. The maximum atomic E-state index is 12.9. The van der Waals surface area contributed by atoms with E-state index in [0.29, 0.717) is 23.8 Å². The summed E-state index contributed by atoms with van der Waals surface area (Å²) in [6.07, 6.45) is 3.32. The number of nitrogens with zero attached hydrogens (tertiary/aromatic N) is 2. The fourth-order valence-electron chi connectivity index (χ4n) is 4.36. The third-order valence-corrected chi connectivity index (χ3v) is 6.69. The number of rotatable bonds is 9. The lowest BCUT2D eigenvalue weighted by Gasteiger charge is -2.30. The summed E-state index contributed by atoms with van der Waals surface area (Å²) in [5, 5.41) is 5.01. The number of benzene rings is 1. The number of fused-ring (bicyclic) bond motifs is 1. The minimum atomic E-state index is -0.101. The van der Waals surface area contributed by atoms with Gasteiger partial charge >= 0.3 is 0 Å². The van der Waals surface area contributed by atoms with Crippen molar-refractivity contribution < 1.29 is 14.2 Å². The summed E-state index contributed by atoms with van der Waals surface area (Å²) in [4.78, 5) is 20.4. The molecular formula is C24H34N4O4S. The number of pyridine rings is 1. The van der Waals surface area contributed by atoms with Crippen LogP contribution in [0.25, 0.3) is 10.9 Å². The van der Waals surface area contributed by atoms with Crippen molar-refractivity contribution in [1.82, 2.24) is 20.1 Å². The molecule has 2 aliphatic heterocycles. The summed E-state index contributed by atoms with van der Waals surface area (Å²) < 4.78 is 16.4. The summed E-state index contributed by atoms with van der Waals surface area (Å²) in [6, 6.07) is 7.66. The van der Waals surface area contributed by atoms with E-state index in [0.717, 1.165) is 81.9 Å². The molecule has 2 saturated heterocycles. The lowest BCUT2D eigenvalue weighted by molar-refractivity contribution is 0.0367. The number of hydrogen-bond acceptors (Lipinski definition) is 6. The van der Waals surface area contributed by atoms with Gasteiger partial charge in [-0.3, -0.25) is 9.69 Å². The van der Waals surface area contributed by atoms with Gasteiger partial charge in [0.25, 0.3) is 5.56 Å². The fraction of sp³-hybridized carbons (Fsp3) is 0.583. The van der Waals surface area contributed by atoms with Crippen LogP contribution in [-0.4, -0.2) is 85.7 Å². The molecule has 8 nitrogen and oxygen atoms in total. The second-order valence-electron chi connectivity index (χ2n) is 8.63. The van der Waals surface area contributed by atoms with Crippen molar-refractivity contribution in [2.24, 2.45) is 0 Å². The summed E-state index contributed by atoms with van der Waals surface area (Å²) in [7, 11) is 1.62. The predicted octanol–water partition coefficient (Wildman–Crippen LogP) is 2.11. The summed E-state index contributed by atoms with van der Waals surface area (Å²) >= 11 is 5.75. The first-order valence-corrected chi connectivity index (χ1v) is 12.2. The Morgan fingerprint density at radius 3 is 2.91 bits per heavy atom. The number of aromatic nitrogens is 1. The highest BCUT2D eigenvalue weighted by Gasteiger charge is 2.19. The van der Waals surface area contributed by atoms with Crippen LogP contribution in [0.1, 0.15) is 24.8 Å². The topological polar surface area (TPSA) is 79.1 Å². The molecule has 33 heavy (non-hydrogen) atoms. The van der Waals surface area contributed by atoms with E-state index in [9.17, 15) is 4.79 Å². The standard InChI is InChI=1S/C24H34N4O4S/c1-30-20-6-5-18-14-19(23(29)26-22(18)15-20)17-28(8-3-7-27-9-12-31-13-10-27)24(33)25-16-21-4-2-11-32-21/h5-6,14-15,21H,2-4,7-13,16-17H2,1H3,(H,25,33)(H,26,29)/t21-/m0/s1. The van der Waals surface area contributed by atoms with E-state index in [1.54, 1.807) is 7.11 Å². The first-order valence-electron chi connectivity index (χ1n) is 11.8. The number of aromatic amines is 1. The van der Waals surface area contributed by atoms with Gasteiger partial charge in [0.2, 0.25) is 0 Å². The number of hydrogen-bond donors (Lipinski definition) is 2. The van der Waals surface area contributed by atoms with E-state index in [4.69, 9.17) is 26.4 Å². The van der Waals surface area contributed by atoms with E-state index in [1.165, 1.54) is 0 Å². The molecule has 9 heteroatoms. The van der Waals surface area contributed by atoms with E-state index >= 15 is 0 Å². The molecule has 0 aliphatic carbocycles. The molecule has 4 rings (SSSR count). The van der Waals surface area contributed by atoms with Gasteiger partial charge in [0.05, 0.1) is 38.5 Å². The number of H-pyrrole nitrogens is 1. The van der Waals surface area contributed by atoms with Gasteiger partial charge in [0.1, 0.15) is 5.75 Å². The van der Waals surface area contributed by atoms with Gasteiger partial charge in [-0.15, -0.1) is 0 Å². The van der Waals surface area contributed by atoms with Gasteiger partial charge in [0, 0.05) is 51.0 Å². The Labute approximate surface area is 200 Å². The highest BCUT2D eigenvalue weighted by atomic mass is 32.1. The first-order chi connectivity index (χ1) is 16.1. The van der Waals surface area contributed by atoms with Crippen molar-refractivity contribution in [3.8, 4) is 5.75 Å². The lowest BCUT2D eigenvalue weighted by atomic mass is 10.1. The quantitative estimate of drug-likeness (QED) is 0.535. The molecule has 0 unspecified atom stereocenters. The Hall–Kier alpha value is -2.20. The van der Waals surface area contributed by atoms with Gasteiger partial charge in [0.15, 0.2) is 5.11 Å². The highest BCUT2D eigenvalue weighted by Crippen LogP contribution is 2.19. The van der Waals surface area contributed by atoms with E-state index in [1.807, 2.05) is 24.3 Å². The van der Waals surface area contributed by atoms with Gasteiger partial charge in [-0.1, -0.05) is 0 Å². The average molecular weight is 475 g/mol. The molecule has 0 radical (unpaired) electrons. The van der Waals surface area contributed by atoms with Gasteiger partial charge in [-0.05, 0) is 55.1 Å². The number of morpholine rings is 1. The lowest BCUT2D eigenvalue weighted by Crippen LogP contribution is -2.44. The molecule has 2 aromatic rings. The van der Waals surface area contributed by atoms with Gasteiger partial charge in [-0.25, -0.2) is 0 Å². The molecule has 0 saturated carbocycles. The molecule has 180 valence electrons. The smallest absolute Gasteiger partial charge is 0.253 e. The SMILES string of the molecule is COc1ccc2cc(CN(CCCN3CCOCC3)C(=S)NC[C@@H]3CCCO3)c(=O)[nH]c2c1. The molecule has 1 aromatic carbocycles. The van der Waals surface area contributed by atoms with E-state index < -0.39 is 0 Å². The van der Waals surface area contributed by atoms with Crippen LogP contribution in [0.15, 0.2) is 29.1 Å². The molecule has 1 atom stereocenters. The molecule has 3 heterocycles. The van der Waals surface area contributed by atoms with Crippen molar-refractivity contribution in [2.75, 3.05) is 59.7 Å². The monoisotopic (exact) mass is 474 g/mol. The van der Waals surface area contributed by atoms with Crippen molar-refractivity contribution in [3.05, 3.63) is 40.2 Å². The third kappa shape index (κ3) is 6.66. The van der Waals surface area contributed by atoms with Crippen LogP contribution in [0, 0.1) is 0 Å². The van der Waals surface area contributed by atoms with Gasteiger partial charge in [-0.2, -0.15) is 0 Å². The van der Waals surface area contributed by atoms with Crippen LogP contribution in [-0.2, 0) is 16.0 Å². The van der Waals surface area contributed by atoms with Crippen molar-refractivity contribution in [2.45, 2.75) is 31.9 Å². The number of nitrogens with one attached hydrogen (secondary N) is 2. The van der Waals surface area contributed by atoms with Crippen LogP contribution in [0.5, 0.6) is 5.75 Å². The van der Waals surface area contributed by atoms with Crippen molar-refractivity contribution in [1.29, 1.82) is 0 Å². The van der Waals surface area contributed by atoms with Crippen LogP contribution >= 0.6 is 12.2 Å². The highest BCUT2D eigenvalue weighted by molar-refractivity contribution is 7.80. The summed E-state index contributed by atoms with van der Waals surface area (Å²) in [6.45, 7) is 7.26. The second-order valence-corrected chi connectivity index (χ2v) is 9.01. The predicted molar refractivity (Wildman–Crippen MR) is 133 cm³/mol. The summed E-state index contributed by atoms with van der Waals surface area (Å²) in [5.74, 6) is 0.718. The maximum Gasteiger partial charge on any atom is 0.253 e. The van der Waals surface area contributed by atoms with Crippen LogP contribution in [0.4, 0.5) is 0 Å². The molecule has 0 amide bonds. The van der Waals surface area contributed by atoms with Crippen LogP contribution in [0.3, 0.4) is 0 Å². The molecule has 2 N–H and O–H groups in total. The Morgan fingerprint density at radius 1 is 1.30 bits per heavy atom. The molecule has 1 aromatic heterocycles. The molecule has 0 bridgehead atoms. The second kappa shape index (κ2) is 11.8. The Morgan fingerprint density at radius 2 is 2.15 bits per heavy atom. The van der Waals surface area contributed by atoms with Crippen molar-refractivity contribution >= 4 is 28.2 Å². The molecule has 0 spiro atoms. The summed E-state index contributed by atoms with van der Waals surface area (Å²) in [5.41, 5.74) is 1.36. The average Bonchev–Trinajstić information content (AvgIpc) is 3.36. The Bertz CT molecular complexity index is 986. The molecular weight excluding hydrogens is 440 g/mol. The van der Waals surface area contributed by atoms with E-state index in [-0.39, 0.29) is 11.7 Å². The van der Waals surface area contributed by atoms with E-state index in [2.05, 4.69) is 20.1 Å². The third-order valence-electron chi connectivity index (χ3n) is 6.29. The van der Waals surface area contributed by atoms with Crippen molar-refractivity contribution in [3.63, 3.8) is 0 Å². The van der Waals surface area contributed by atoms with Crippen LogP contribution < -0.4 is 15.6 Å². The number of methoxy groups -OCH3 is 1. The first kappa shape index (κ1) is 23.9. The largest absolute Gasteiger partial charge is 0.497 e. The van der Waals surface area contributed by atoms with Crippen LogP contribution in [0.2, 0.25) is 0 Å². The minimum absolute atomic E-state index is 0.101. The maximum absolute atomic E-state index is 12.9. The Balaban J connectivity index is 1.44. The number of ether oxygens (including phenoxy) is 3. The fourth-order valence-corrected chi connectivity index (χ4v) is 4.60. The zero-order valence-electron chi connectivity index (χ0n) is 19.3. The zero-order chi connectivity index (χ0) is 23.0. The number of thiocarbonyl (C=S) groups is 1. The molecule has 2 fully saturated rings.